The molecule has 7 aliphatic heterocycles. The van der Waals surface area contributed by atoms with Gasteiger partial charge < -0.3 is 102 Å². The molecule has 9 atom stereocenters. The van der Waals surface area contributed by atoms with Gasteiger partial charge in [-0.2, -0.15) is 0 Å². The summed E-state index contributed by atoms with van der Waals surface area (Å²) >= 11 is 5.27. The van der Waals surface area contributed by atoms with Crippen LogP contribution in [0.15, 0.2) is 72.8 Å². The Morgan fingerprint density at radius 2 is 0.555 bits per heavy atom. The minimum atomic E-state index is -0.981. The number of aromatic hydroxyl groups is 4. The monoisotopic (exact) mass is 1560 g/mol. The minimum Gasteiger partial charge on any atom is -0.870 e. The first kappa shape index (κ1) is 89.4. The molecule has 7 saturated heterocycles. The number of ether oxygens (including phenoxy) is 15. The van der Waals surface area contributed by atoms with Crippen LogP contribution in [-0.2, 0) is 58.8 Å². The summed E-state index contributed by atoms with van der Waals surface area (Å²) in [6, 6.07) is 23.7. The number of aliphatic hydroxyl groups excluding tert-OH is 1. The van der Waals surface area contributed by atoms with Gasteiger partial charge >= 0.3 is 29.6 Å². The summed E-state index contributed by atoms with van der Waals surface area (Å²) in [5, 5.41) is 50.7. The van der Waals surface area contributed by atoms with Gasteiger partial charge in [-0.05, 0) is 198 Å². The van der Waals surface area contributed by atoms with Gasteiger partial charge in [-0.1, -0.05) is 101 Å². The summed E-state index contributed by atoms with van der Waals surface area (Å²) in [4.78, 5) is 0. The van der Waals surface area contributed by atoms with Gasteiger partial charge in [0.1, 0.15) is 95.6 Å². The van der Waals surface area contributed by atoms with E-state index >= 15 is 0 Å². The van der Waals surface area contributed by atoms with Crippen LogP contribution in [0.5, 0.6) is 69.0 Å². The van der Waals surface area contributed by atoms with Crippen molar-refractivity contribution in [1.29, 1.82) is 0 Å². The van der Waals surface area contributed by atoms with Gasteiger partial charge in [0.05, 0.1) is 58.2 Å². The molecule has 6 N–H and O–H groups in total. The molecule has 13 rings (SSSR count). The van der Waals surface area contributed by atoms with Gasteiger partial charge in [0, 0.05) is 17.8 Å². The third kappa shape index (κ3) is 26.5. The van der Waals surface area contributed by atoms with Crippen LogP contribution >= 0.6 is 11.6 Å². The van der Waals surface area contributed by atoms with E-state index < -0.39 is 6.10 Å². The number of epoxide rings is 7. The molecule has 9 unspecified atom stereocenters. The number of hydrogen-bond donors (Lipinski definition) is 5. The standard InChI is InChI=1S/C65H88O15.C18H22O4.C3H5ClO.CH4.Na.H2O/c1-7-13-41-19-58(62(77-37-48-31-69-48)23-54(41)52(17-11-5)56-25-64(79-39-50-33-71-50)60(21-43(56)15-9-3)75-35-46-29-67-46)73-27-45(66)28-74-59-20-42(14-8-2)55(24-63(59)78-38-49-32-70-49)53(18-12-6)57-26-65(80-40-51-34-72-51)61(22-44(57)16-10-4)76-36-47-30-68-47;1-4-5-12(13-8-17(21)15(19)6-10(13)2)14-9-18(22)16(20)7-11(14)3;4-1-3-2-5-3;;;/h19-26,45-53,66H,7-18,27-40H2,1-6H3;6-9,12,19-22H,4-5H2,1-3H3;3H,1-2H2;1H4;;1H2/q;;;;+1;/p-1. The number of hydrogen-bond acceptors (Lipinski definition) is 21. The molecule has 0 saturated carbocycles. The zero-order valence-electron chi connectivity index (χ0n) is 65.7. The molecule has 23 heteroatoms. The van der Waals surface area contributed by atoms with Crippen LogP contribution in [0, 0.1) is 13.8 Å². The van der Waals surface area contributed by atoms with E-state index in [4.69, 9.17) is 82.7 Å². The van der Waals surface area contributed by atoms with E-state index in [1.165, 1.54) is 44.5 Å². The van der Waals surface area contributed by atoms with Gasteiger partial charge in [0.2, 0.25) is 0 Å². The molecule has 0 radical (unpaired) electrons. The molecule has 6 aromatic carbocycles. The molecule has 21 nitrogen and oxygen atoms in total. The molecule has 6 aromatic rings. The molecule has 7 fully saturated rings. The first-order chi connectivity index (χ1) is 52.0. The van der Waals surface area contributed by atoms with Crippen LogP contribution in [0.25, 0.3) is 0 Å². The van der Waals surface area contributed by atoms with Crippen LogP contribution in [0.3, 0.4) is 0 Å². The van der Waals surface area contributed by atoms with Gasteiger partial charge in [0.25, 0.3) is 0 Å². The Balaban J connectivity index is 0.000000426. The summed E-state index contributed by atoms with van der Waals surface area (Å²) in [6.07, 6.45) is 12.7. The number of alkyl halides is 1. The molecular formula is C87H120ClNaO21. The first-order valence-electron chi connectivity index (χ1n) is 39.3. The molecule has 0 amide bonds. The Labute approximate surface area is 678 Å². The van der Waals surface area contributed by atoms with Crippen molar-refractivity contribution in [2.45, 2.75) is 226 Å². The van der Waals surface area contributed by atoms with Crippen molar-refractivity contribution in [3.63, 3.8) is 0 Å². The van der Waals surface area contributed by atoms with E-state index in [-0.39, 0.29) is 133 Å². The summed E-state index contributed by atoms with van der Waals surface area (Å²) in [5.74, 6) is 5.53. The normalized spacial score (nSPS) is 19.9. The quantitative estimate of drug-likeness (QED) is 0.0103. The molecule has 7 heterocycles. The molecule has 0 aromatic heterocycles. The van der Waals surface area contributed by atoms with E-state index in [9.17, 15) is 25.5 Å². The second kappa shape index (κ2) is 43.9. The van der Waals surface area contributed by atoms with E-state index in [0.717, 1.165) is 155 Å². The van der Waals surface area contributed by atoms with Gasteiger partial charge in [-0.15, -0.1) is 11.6 Å². The second-order valence-corrected chi connectivity index (χ2v) is 29.7. The molecule has 0 bridgehead atoms. The smallest absolute Gasteiger partial charge is 0.870 e. The average Bonchev–Trinajstić information content (AvgIpc) is 1.69. The second-order valence-electron chi connectivity index (χ2n) is 29.4. The summed E-state index contributed by atoms with van der Waals surface area (Å²) in [6.45, 7) is 26.9. The molecule has 0 spiro atoms. The number of aryl methyl sites for hydroxylation is 6. The Morgan fingerprint density at radius 1 is 0.336 bits per heavy atom. The zero-order chi connectivity index (χ0) is 75.5. The Morgan fingerprint density at radius 3 is 0.764 bits per heavy atom. The summed E-state index contributed by atoms with van der Waals surface area (Å²) < 4.78 is 90.2. The number of halogens is 1. The van der Waals surface area contributed by atoms with Crippen molar-refractivity contribution in [2.75, 3.05) is 105 Å². The Bertz CT molecular complexity index is 3590. The third-order valence-electron chi connectivity index (χ3n) is 20.0. The molecule has 110 heavy (non-hydrogen) atoms. The van der Waals surface area contributed by atoms with Crippen molar-refractivity contribution < 1.29 is 132 Å². The Kier molecular flexibility index (Phi) is 35.7. The molecular weight excluding hydrogens is 1440 g/mol. The molecule has 7 aliphatic rings. The predicted octanol–water partition coefficient (Wildman–Crippen LogP) is 13.0. The number of phenols is 4. The van der Waals surface area contributed by atoms with Crippen LogP contribution < -0.4 is 67.5 Å². The molecule has 602 valence electrons. The first-order valence-corrected chi connectivity index (χ1v) is 39.8. The fourth-order valence-corrected chi connectivity index (χ4v) is 13.9. The van der Waals surface area contributed by atoms with Crippen LogP contribution in [0.4, 0.5) is 0 Å². The fraction of sp³-hybridized carbons (Fsp3) is 0.586. The van der Waals surface area contributed by atoms with Gasteiger partial charge in [0.15, 0.2) is 69.0 Å². The van der Waals surface area contributed by atoms with E-state index in [1.807, 2.05) is 13.8 Å². The number of aliphatic hydroxyl groups is 1. The van der Waals surface area contributed by atoms with Crippen LogP contribution in [0.1, 0.15) is 205 Å². The van der Waals surface area contributed by atoms with E-state index in [0.29, 0.717) is 101 Å². The average molecular weight is 1560 g/mol. The van der Waals surface area contributed by atoms with Crippen LogP contribution in [0.2, 0.25) is 0 Å². The maximum Gasteiger partial charge on any atom is 1.00 e. The van der Waals surface area contributed by atoms with Crippen molar-refractivity contribution in [1.82, 2.24) is 0 Å². The van der Waals surface area contributed by atoms with Gasteiger partial charge in [-0.25, -0.2) is 0 Å². The number of benzene rings is 6. The number of phenolic OH excluding ortho intramolecular Hbond substituents is 4. The maximum absolute atomic E-state index is 11.8. The zero-order valence-corrected chi connectivity index (χ0v) is 68.4. The summed E-state index contributed by atoms with van der Waals surface area (Å²) in [7, 11) is 0. The van der Waals surface area contributed by atoms with Crippen molar-refractivity contribution >= 4 is 11.6 Å². The largest absolute Gasteiger partial charge is 1.00 e. The summed E-state index contributed by atoms with van der Waals surface area (Å²) in [5.41, 5.74) is 13.3. The fourth-order valence-electron chi connectivity index (χ4n) is 13.7. The Hall–Kier alpha value is -6.15. The van der Waals surface area contributed by atoms with Gasteiger partial charge in [-0.3, -0.25) is 0 Å². The maximum atomic E-state index is 11.8. The third-order valence-corrected chi connectivity index (χ3v) is 20.4. The predicted molar refractivity (Wildman–Crippen MR) is 419 cm³/mol. The van der Waals surface area contributed by atoms with Crippen LogP contribution in [-0.4, -0.2) is 185 Å². The topological polar surface area (TPSA) is 293 Å². The van der Waals surface area contributed by atoms with E-state index in [1.54, 1.807) is 24.3 Å². The van der Waals surface area contributed by atoms with Crippen molar-refractivity contribution in [3.05, 3.63) is 140 Å². The molecule has 0 aliphatic carbocycles. The number of rotatable bonds is 45. The van der Waals surface area contributed by atoms with E-state index in [2.05, 4.69) is 97.0 Å². The van der Waals surface area contributed by atoms with Crippen molar-refractivity contribution in [2.24, 2.45) is 0 Å². The SMILES string of the molecule is C.CCCC(c1cc(O)c(O)cc1C)c1cc(O)c(O)cc1C.CCCc1cc(OCC(O)COc2cc(CCC)c(C(CCC)c3cc(OCC4CO4)c(OCC4CO4)cc3CCC)cc2OCC2CO2)c(OCC2CO2)cc1C(CCC)c1cc(OCC2CO2)c(OCC2CO2)cc1CCC.ClCC1CO1.[Na+].[OH-]. The minimum absolute atomic E-state index is 0. The van der Waals surface area contributed by atoms with Crippen molar-refractivity contribution in [3.8, 4) is 69.0 Å².